The highest BCUT2D eigenvalue weighted by Gasteiger charge is 2.39. The second-order valence-corrected chi connectivity index (χ2v) is 18.0. The first-order valence-electron chi connectivity index (χ1n) is 23.6. The van der Waals surface area contributed by atoms with Crippen molar-refractivity contribution >= 4 is 11.6 Å². The van der Waals surface area contributed by atoms with Crippen molar-refractivity contribution in [1.82, 2.24) is 29.9 Å². The summed E-state index contributed by atoms with van der Waals surface area (Å²) in [6, 6.07) is 43.8. The van der Waals surface area contributed by atoms with Crippen LogP contribution < -0.4 is 4.74 Å². The summed E-state index contributed by atoms with van der Waals surface area (Å²) in [6.45, 7) is 16.8. The molecule has 3 heterocycles. The van der Waals surface area contributed by atoms with Gasteiger partial charge in [0, 0.05) is 50.3 Å². The number of ether oxygens (including phenoxy) is 1. The summed E-state index contributed by atoms with van der Waals surface area (Å²) in [7, 11) is 0. The van der Waals surface area contributed by atoms with Crippen LogP contribution in [0.1, 0.15) is 83.1 Å². The fraction of sp³-hybridized carbons (Fsp3) is 0.161. The molecule has 5 aromatic carbocycles. The Morgan fingerprint density at radius 3 is 1.96 bits per heavy atom. The Morgan fingerprint density at radius 1 is 0.667 bits per heavy atom. The smallest absolute Gasteiger partial charge is 0.164 e. The van der Waals surface area contributed by atoms with Crippen molar-refractivity contribution in [2.75, 3.05) is 0 Å². The van der Waals surface area contributed by atoms with E-state index in [9.17, 15) is 0 Å². The summed E-state index contributed by atoms with van der Waals surface area (Å²) in [6.07, 6.45) is 22.4. The van der Waals surface area contributed by atoms with E-state index in [0.717, 1.165) is 80.0 Å². The molecule has 1 atom stereocenters. The van der Waals surface area contributed by atoms with E-state index in [1.807, 2.05) is 92.7 Å². The van der Waals surface area contributed by atoms with Crippen LogP contribution in [-0.2, 0) is 5.41 Å². The zero-order chi connectivity index (χ0) is 47.9. The first-order chi connectivity index (χ1) is 33.6. The molecule has 0 saturated heterocycles. The summed E-state index contributed by atoms with van der Waals surface area (Å²) in [5.74, 6) is 5.66. The molecule has 0 amide bonds. The summed E-state index contributed by atoms with van der Waals surface area (Å²) in [4.78, 5) is 30.0. The van der Waals surface area contributed by atoms with E-state index in [0.29, 0.717) is 34.9 Å². The van der Waals surface area contributed by atoms with Crippen LogP contribution >= 0.6 is 0 Å². The molecule has 1 unspecified atom stereocenters. The number of hydrogen-bond acceptors (Lipinski definition) is 7. The zero-order valence-electron chi connectivity index (χ0n) is 40.2. The molecule has 0 fully saturated rings. The van der Waals surface area contributed by atoms with Gasteiger partial charge in [-0.05, 0) is 99.2 Å². The minimum Gasteiger partial charge on any atom is -0.457 e. The van der Waals surface area contributed by atoms with Crippen LogP contribution in [-0.4, -0.2) is 29.9 Å². The molecule has 2 aromatic heterocycles. The van der Waals surface area contributed by atoms with Gasteiger partial charge in [0.25, 0.3) is 0 Å². The van der Waals surface area contributed by atoms with Gasteiger partial charge in [0.15, 0.2) is 34.9 Å². The molecule has 0 bridgehead atoms. The molecule has 2 aliphatic rings. The van der Waals surface area contributed by atoms with Gasteiger partial charge in [-0.3, -0.25) is 0 Å². The van der Waals surface area contributed by atoms with E-state index in [1.54, 1.807) is 6.08 Å². The van der Waals surface area contributed by atoms with Crippen molar-refractivity contribution in [3.8, 4) is 62.4 Å². The minimum absolute atomic E-state index is 0.124. The van der Waals surface area contributed by atoms with Gasteiger partial charge in [0.05, 0.1) is 0 Å². The Kier molecular flexibility index (Phi) is 13.6. The molecule has 69 heavy (non-hydrogen) atoms. The van der Waals surface area contributed by atoms with Crippen molar-refractivity contribution in [3.05, 3.63) is 234 Å². The molecule has 0 N–H and O–H groups in total. The highest BCUT2D eigenvalue weighted by atomic mass is 16.5. The first-order valence-corrected chi connectivity index (χ1v) is 23.6. The second kappa shape index (κ2) is 20.4. The fourth-order valence-corrected chi connectivity index (χ4v) is 8.86. The summed E-state index contributed by atoms with van der Waals surface area (Å²) in [5.41, 5.74) is 12.1. The molecule has 7 nitrogen and oxygen atoms in total. The lowest BCUT2D eigenvalue weighted by molar-refractivity contribution is 0.364. The molecular weight excluding hydrogens is 845 g/mol. The standard InChI is InChI=1S/C62H56N6O/c1-8-11-12-15-23-41(4)36-56-63-57(43-24-16-13-17-25-43)65-59(64-56)49-30-20-28-45(37-49)47-32-34-54-52(39-47)62(6,7)53-40-48(33-35-55(53)69-54)46-29-21-31-50(38-46)60-66-58(44-26-18-14-19-27-44)67-61(68-60)51(22-9-2)42(5)10-3/h8-22,24-31,33-40,47H,2,23,32H2,1,3-7H3/b11-8-,15-12-,41-36+,42-10-,51-22+. The molecule has 0 radical (unpaired) electrons. The van der Waals surface area contributed by atoms with Crippen molar-refractivity contribution in [2.24, 2.45) is 0 Å². The predicted molar refractivity (Wildman–Crippen MR) is 284 cm³/mol. The lowest BCUT2D eigenvalue weighted by Crippen LogP contribution is -2.30. The summed E-state index contributed by atoms with van der Waals surface area (Å²) < 4.78 is 6.72. The van der Waals surface area contributed by atoms with Gasteiger partial charge in [-0.25, -0.2) is 29.9 Å². The van der Waals surface area contributed by atoms with Crippen LogP contribution in [0.3, 0.4) is 0 Å². The first kappa shape index (κ1) is 46.0. The molecule has 1 aliphatic carbocycles. The second-order valence-electron chi connectivity index (χ2n) is 18.0. The van der Waals surface area contributed by atoms with Crippen LogP contribution in [0.15, 0.2) is 211 Å². The van der Waals surface area contributed by atoms with Crippen LogP contribution in [0.25, 0.3) is 68.3 Å². The third-order valence-electron chi connectivity index (χ3n) is 12.8. The van der Waals surface area contributed by atoms with E-state index in [4.69, 9.17) is 34.6 Å². The fourth-order valence-electron chi connectivity index (χ4n) is 8.86. The number of allylic oxidation sites excluding steroid dienone is 13. The van der Waals surface area contributed by atoms with E-state index in [-0.39, 0.29) is 11.3 Å². The SMILES string of the molecule is C=C/C=C(\C(C)=C/C)c1nc(-c2ccccc2)nc(-c2cccc(-c3ccc4c(c3)C(C)(C)C3=CC(c5cccc(-c6nc(/C=C(\C)C/C=C\C=C/C)nc(-c7ccccc7)n6)c5)CC=C3O4)c2)n1. The van der Waals surface area contributed by atoms with Gasteiger partial charge in [0.2, 0.25) is 0 Å². The zero-order valence-corrected chi connectivity index (χ0v) is 40.2. The van der Waals surface area contributed by atoms with E-state index in [1.165, 1.54) is 11.1 Å². The van der Waals surface area contributed by atoms with Gasteiger partial charge in [0.1, 0.15) is 11.5 Å². The highest BCUT2D eigenvalue weighted by molar-refractivity contribution is 5.79. The van der Waals surface area contributed by atoms with E-state index >= 15 is 0 Å². The Morgan fingerprint density at radius 2 is 1.28 bits per heavy atom. The number of aromatic nitrogens is 6. The van der Waals surface area contributed by atoms with E-state index < -0.39 is 0 Å². The topological polar surface area (TPSA) is 86.6 Å². The average Bonchev–Trinajstić information content (AvgIpc) is 3.39. The normalized spacial score (nSPS) is 15.9. The molecule has 1 aliphatic heterocycles. The third kappa shape index (κ3) is 10.1. The highest BCUT2D eigenvalue weighted by Crippen LogP contribution is 2.50. The van der Waals surface area contributed by atoms with Crippen molar-refractivity contribution in [1.29, 1.82) is 0 Å². The maximum absolute atomic E-state index is 6.72. The number of nitrogens with zero attached hydrogens (tertiary/aromatic N) is 6. The van der Waals surface area contributed by atoms with Crippen molar-refractivity contribution in [3.63, 3.8) is 0 Å². The lowest BCUT2D eigenvalue weighted by atomic mass is 9.70. The molecule has 7 heteroatoms. The van der Waals surface area contributed by atoms with Crippen LogP contribution in [0, 0.1) is 0 Å². The van der Waals surface area contributed by atoms with Gasteiger partial charge >= 0.3 is 0 Å². The molecule has 0 saturated carbocycles. The lowest BCUT2D eigenvalue weighted by Gasteiger charge is -2.39. The third-order valence-corrected chi connectivity index (χ3v) is 12.8. The minimum atomic E-state index is -0.352. The molecule has 7 aromatic rings. The van der Waals surface area contributed by atoms with Crippen molar-refractivity contribution < 1.29 is 4.74 Å². The Bertz CT molecular complexity index is 3280. The Labute approximate surface area is 406 Å². The quantitative estimate of drug-likeness (QED) is 0.107. The maximum Gasteiger partial charge on any atom is 0.164 e. The van der Waals surface area contributed by atoms with Gasteiger partial charge < -0.3 is 4.74 Å². The number of hydrogen-bond donors (Lipinski definition) is 0. The Balaban J connectivity index is 1.03. The van der Waals surface area contributed by atoms with Crippen LogP contribution in [0.5, 0.6) is 5.75 Å². The maximum atomic E-state index is 6.72. The molecule has 0 spiro atoms. The number of benzene rings is 5. The van der Waals surface area contributed by atoms with Gasteiger partial charge in [-0.15, -0.1) is 0 Å². The Hall–Kier alpha value is -8.16. The van der Waals surface area contributed by atoms with Crippen LogP contribution in [0.4, 0.5) is 0 Å². The van der Waals surface area contributed by atoms with Crippen LogP contribution in [0.2, 0.25) is 0 Å². The van der Waals surface area contributed by atoms with E-state index in [2.05, 4.69) is 137 Å². The number of fused-ring (bicyclic) bond motifs is 2. The van der Waals surface area contributed by atoms with Crippen molar-refractivity contribution in [2.45, 2.75) is 65.7 Å². The summed E-state index contributed by atoms with van der Waals surface area (Å²) >= 11 is 0. The number of rotatable bonds is 13. The molecular formula is C62H56N6O. The monoisotopic (exact) mass is 900 g/mol. The van der Waals surface area contributed by atoms with Gasteiger partial charge in [-0.1, -0.05) is 178 Å². The molecule has 9 rings (SSSR count). The largest absolute Gasteiger partial charge is 0.457 e. The van der Waals surface area contributed by atoms with Gasteiger partial charge in [-0.2, -0.15) is 0 Å². The molecule has 340 valence electrons. The average molecular weight is 901 g/mol. The summed E-state index contributed by atoms with van der Waals surface area (Å²) in [5, 5.41) is 0. The predicted octanol–water partition coefficient (Wildman–Crippen LogP) is 15.5.